The van der Waals surface area contributed by atoms with E-state index in [0.717, 1.165) is 15.3 Å². The largest absolute Gasteiger partial charge is 0.396 e. The summed E-state index contributed by atoms with van der Waals surface area (Å²) in [5.74, 6) is 0. The summed E-state index contributed by atoms with van der Waals surface area (Å²) in [6.07, 6.45) is 0.671. The van der Waals surface area contributed by atoms with Crippen molar-refractivity contribution in [3.63, 3.8) is 0 Å². The molecule has 0 radical (unpaired) electrons. The highest BCUT2D eigenvalue weighted by Crippen LogP contribution is 2.32. The fourth-order valence-electron chi connectivity index (χ4n) is 2.40. The Kier molecular flexibility index (Phi) is 4.47. The van der Waals surface area contributed by atoms with Crippen LogP contribution in [0.5, 0.6) is 0 Å². The van der Waals surface area contributed by atoms with E-state index < -0.39 is 0 Å². The Labute approximate surface area is 129 Å². The topological polar surface area (TPSA) is 25.2 Å². The quantitative estimate of drug-likeness (QED) is 0.850. The van der Waals surface area contributed by atoms with E-state index in [9.17, 15) is 0 Å². The molecule has 1 aromatic heterocycles. The highest BCUT2D eigenvalue weighted by Gasteiger charge is 2.20. The van der Waals surface area contributed by atoms with Crippen molar-refractivity contribution in [3.05, 3.63) is 44.4 Å². The summed E-state index contributed by atoms with van der Waals surface area (Å²) in [5.41, 5.74) is 3.65. The van der Waals surface area contributed by atoms with Gasteiger partial charge in [-0.1, -0.05) is 39.0 Å². The number of nitrogens with zero attached hydrogens (tertiary/aromatic N) is 1. The van der Waals surface area contributed by atoms with Gasteiger partial charge in [-0.15, -0.1) is 11.3 Å². The number of benzene rings is 1. The average molecular weight is 307 g/mol. The molecule has 0 aliphatic heterocycles. The van der Waals surface area contributed by atoms with Crippen LogP contribution in [0.2, 0.25) is 0 Å². The summed E-state index contributed by atoms with van der Waals surface area (Å²) in [4.78, 5) is 1.17. The standard InChI is InChI=1S/C16H21NOS2/c1-11-14(9-10-18)20-15(19)17(11)13-8-6-5-7-12(13)16(2,3)4/h5-8,18H,9-10H2,1-4H3. The van der Waals surface area contributed by atoms with E-state index in [4.69, 9.17) is 17.3 Å². The van der Waals surface area contributed by atoms with E-state index in [-0.39, 0.29) is 12.0 Å². The van der Waals surface area contributed by atoms with E-state index in [2.05, 4.69) is 56.5 Å². The molecule has 4 heteroatoms. The maximum Gasteiger partial charge on any atom is 0.166 e. The third-order valence-electron chi connectivity index (χ3n) is 3.42. The van der Waals surface area contributed by atoms with Crippen LogP contribution in [0.1, 0.15) is 36.9 Å². The van der Waals surface area contributed by atoms with Crippen molar-refractivity contribution in [1.29, 1.82) is 0 Å². The number of hydrogen-bond acceptors (Lipinski definition) is 3. The molecule has 0 atom stereocenters. The van der Waals surface area contributed by atoms with Gasteiger partial charge in [0.25, 0.3) is 0 Å². The molecule has 2 rings (SSSR count). The normalized spacial score (nSPS) is 11.8. The molecular formula is C16H21NOS2. The van der Waals surface area contributed by atoms with Crippen molar-refractivity contribution in [2.45, 2.75) is 39.5 Å². The Morgan fingerprint density at radius 1 is 1.25 bits per heavy atom. The van der Waals surface area contributed by atoms with Gasteiger partial charge in [0.15, 0.2) is 3.95 Å². The summed E-state index contributed by atoms with van der Waals surface area (Å²) < 4.78 is 2.99. The predicted molar refractivity (Wildman–Crippen MR) is 88.7 cm³/mol. The van der Waals surface area contributed by atoms with Crippen LogP contribution < -0.4 is 0 Å². The zero-order valence-electron chi connectivity index (χ0n) is 12.4. The number of para-hydroxylation sites is 1. The number of thiazole rings is 1. The Bertz CT molecular complexity index is 662. The molecule has 0 saturated carbocycles. The zero-order chi connectivity index (χ0) is 14.9. The van der Waals surface area contributed by atoms with Gasteiger partial charge in [0.1, 0.15) is 0 Å². The highest BCUT2D eigenvalue weighted by atomic mass is 32.1. The van der Waals surface area contributed by atoms with Crippen molar-refractivity contribution < 1.29 is 5.11 Å². The number of aromatic nitrogens is 1. The summed E-state index contributed by atoms with van der Waals surface area (Å²) in [7, 11) is 0. The molecule has 0 unspecified atom stereocenters. The molecule has 0 amide bonds. The first-order chi connectivity index (χ1) is 9.36. The van der Waals surface area contributed by atoms with Crippen LogP contribution in [0.3, 0.4) is 0 Å². The second-order valence-corrected chi connectivity index (χ2v) is 7.68. The second-order valence-electron chi connectivity index (χ2n) is 5.95. The van der Waals surface area contributed by atoms with Crippen molar-refractivity contribution in [2.24, 2.45) is 0 Å². The van der Waals surface area contributed by atoms with Crippen LogP contribution in [-0.4, -0.2) is 16.3 Å². The van der Waals surface area contributed by atoms with Crippen LogP contribution in [-0.2, 0) is 11.8 Å². The Hall–Kier alpha value is -0.970. The van der Waals surface area contributed by atoms with Crippen molar-refractivity contribution in [1.82, 2.24) is 4.57 Å². The van der Waals surface area contributed by atoms with Crippen molar-refractivity contribution >= 4 is 23.6 Å². The van der Waals surface area contributed by atoms with Crippen LogP contribution in [0, 0.1) is 10.9 Å². The van der Waals surface area contributed by atoms with E-state index >= 15 is 0 Å². The molecule has 0 fully saturated rings. The van der Waals surface area contributed by atoms with Crippen LogP contribution in [0.25, 0.3) is 5.69 Å². The molecular weight excluding hydrogens is 286 g/mol. The Morgan fingerprint density at radius 2 is 1.90 bits per heavy atom. The number of aliphatic hydroxyl groups excluding tert-OH is 1. The van der Waals surface area contributed by atoms with Gasteiger partial charge >= 0.3 is 0 Å². The average Bonchev–Trinajstić information content (AvgIpc) is 2.64. The van der Waals surface area contributed by atoms with Gasteiger partial charge in [0.05, 0.1) is 5.69 Å². The third-order valence-corrected chi connectivity index (χ3v) is 4.96. The first-order valence-corrected chi connectivity index (χ1v) is 8.01. The van der Waals surface area contributed by atoms with Gasteiger partial charge in [-0.3, -0.25) is 4.57 Å². The molecule has 20 heavy (non-hydrogen) atoms. The van der Waals surface area contributed by atoms with Crippen LogP contribution >= 0.6 is 23.6 Å². The SMILES string of the molecule is Cc1c(CCO)sc(=S)n1-c1ccccc1C(C)(C)C. The van der Waals surface area contributed by atoms with Gasteiger partial charge in [-0.2, -0.15) is 0 Å². The van der Waals surface area contributed by atoms with E-state index in [1.165, 1.54) is 10.4 Å². The van der Waals surface area contributed by atoms with Gasteiger partial charge in [-0.25, -0.2) is 0 Å². The molecule has 2 aromatic rings. The van der Waals surface area contributed by atoms with E-state index in [1.54, 1.807) is 11.3 Å². The first-order valence-electron chi connectivity index (χ1n) is 6.78. The number of rotatable bonds is 3. The third kappa shape index (κ3) is 2.87. The van der Waals surface area contributed by atoms with Gasteiger partial charge < -0.3 is 5.11 Å². The maximum atomic E-state index is 9.16. The summed E-state index contributed by atoms with van der Waals surface area (Å²) in [6, 6.07) is 8.41. The maximum absolute atomic E-state index is 9.16. The molecule has 0 saturated heterocycles. The van der Waals surface area contributed by atoms with Gasteiger partial charge in [0, 0.05) is 23.6 Å². The summed E-state index contributed by atoms with van der Waals surface area (Å²) in [5, 5.41) is 9.16. The van der Waals surface area contributed by atoms with E-state index in [1.807, 2.05) is 0 Å². The second kappa shape index (κ2) is 5.80. The van der Waals surface area contributed by atoms with Crippen LogP contribution in [0.4, 0.5) is 0 Å². The molecule has 0 bridgehead atoms. The Balaban J connectivity index is 2.67. The predicted octanol–water partition coefficient (Wildman–Crippen LogP) is 4.41. The minimum absolute atomic E-state index is 0.0664. The molecule has 0 spiro atoms. The minimum atomic E-state index is 0.0664. The van der Waals surface area contributed by atoms with Gasteiger partial charge in [-0.05, 0) is 36.2 Å². The number of aliphatic hydroxyl groups is 1. The molecule has 1 aromatic carbocycles. The fraction of sp³-hybridized carbons (Fsp3) is 0.438. The van der Waals surface area contributed by atoms with Gasteiger partial charge in [0.2, 0.25) is 0 Å². The van der Waals surface area contributed by atoms with Crippen LogP contribution in [0.15, 0.2) is 24.3 Å². The fourth-order valence-corrected chi connectivity index (χ4v) is 3.91. The monoisotopic (exact) mass is 307 g/mol. The first kappa shape index (κ1) is 15.4. The molecule has 0 aliphatic carbocycles. The Morgan fingerprint density at radius 3 is 2.50 bits per heavy atom. The van der Waals surface area contributed by atoms with Crippen molar-refractivity contribution in [3.8, 4) is 5.69 Å². The molecule has 0 aliphatic rings. The lowest BCUT2D eigenvalue weighted by Crippen LogP contribution is -2.15. The lowest BCUT2D eigenvalue weighted by molar-refractivity contribution is 0.300. The lowest BCUT2D eigenvalue weighted by atomic mass is 9.85. The van der Waals surface area contributed by atoms with E-state index in [0.29, 0.717) is 6.42 Å². The highest BCUT2D eigenvalue weighted by molar-refractivity contribution is 7.73. The molecule has 2 nitrogen and oxygen atoms in total. The minimum Gasteiger partial charge on any atom is -0.396 e. The van der Waals surface area contributed by atoms with Crippen molar-refractivity contribution in [2.75, 3.05) is 6.61 Å². The molecule has 1 N–H and O–H groups in total. The molecule has 1 heterocycles. The lowest BCUT2D eigenvalue weighted by Gasteiger charge is -2.23. The summed E-state index contributed by atoms with van der Waals surface area (Å²) in [6.45, 7) is 8.89. The smallest absolute Gasteiger partial charge is 0.166 e. The number of hydrogen-bond donors (Lipinski definition) is 1. The molecule has 108 valence electrons. The summed E-state index contributed by atoms with van der Waals surface area (Å²) >= 11 is 7.14. The zero-order valence-corrected chi connectivity index (χ0v) is 14.1.